The molecule has 1 nitrogen and oxygen atoms in total. The second-order valence-corrected chi connectivity index (χ2v) is 3.43. The highest BCUT2D eigenvalue weighted by molar-refractivity contribution is 5.14. The van der Waals surface area contributed by atoms with Crippen molar-refractivity contribution in [3.63, 3.8) is 0 Å². The molecule has 0 radical (unpaired) electrons. The van der Waals surface area contributed by atoms with Gasteiger partial charge in [-0.15, -0.1) is 0 Å². The van der Waals surface area contributed by atoms with Gasteiger partial charge in [0.1, 0.15) is 0 Å². The fourth-order valence-electron chi connectivity index (χ4n) is 1.33. The molecule has 1 heteroatoms. The van der Waals surface area contributed by atoms with Crippen LogP contribution in [0.4, 0.5) is 0 Å². The molecule has 0 aromatic carbocycles. The van der Waals surface area contributed by atoms with Gasteiger partial charge in [0.15, 0.2) is 0 Å². The summed E-state index contributed by atoms with van der Waals surface area (Å²) in [5.74, 6) is 0.699. The first-order chi connectivity index (χ1) is 5.72. The minimum absolute atomic E-state index is 0.699. The van der Waals surface area contributed by atoms with E-state index in [1.807, 2.05) is 6.08 Å². The fraction of sp³-hybridized carbons (Fsp3) is 0.455. The number of rotatable bonds is 3. The lowest BCUT2D eigenvalue weighted by Crippen LogP contribution is -2.11. The van der Waals surface area contributed by atoms with Crippen LogP contribution in [0.3, 0.4) is 0 Å². The lowest BCUT2D eigenvalue weighted by molar-refractivity contribution is 0.438. The predicted octanol–water partition coefficient (Wildman–Crippen LogP) is 2.58. The van der Waals surface area contributed by atoms with Gasteiger partial charge in [0, 0.05) is 13.6 Å². The Labute approximate surface area is 75.1 Å². The molecule has 1 rings (SSSR count). The molecule has 0 aromatic heterocycles. The highest BCUT2D eigenvalue weighted by Gasteiger charge is 2.10. The summed E-state index contributed by atoms with van der Waals surface area (Å²) in [4.78, 5) is 2.22. The van der Waals surface area contributed by atoms with E-state index in [1.54, 1.807) is 0 Å². The van der Waals surface area contributed by atoms with Crippen molar-refractivity contribution < 1.29 is 0 Å². The minimum Gasteiger partial charge on any atom is -0.380 e. The zero-order valence-corrected chi connectivity index (χ0v) is 7.96. The van der Waals surface area contributed by atoms with Gasteiger partial charge >= 0.3 is 0 Å². The van der Waals surface area contributed by atoms with Crippen LogP contribution in [0.25, 0.3) is 0 Å². The molecule has 0 aliphatic carbocycles. The summed E-state index contributed by atoms with van der Waals surface area (Å²) >= 11 is 0. The van der Waals surface area contributed by atoms with Gasteiger partial charge in [0.05, 0.1) is 0 Å². The van der Waals surface area contributed by atoms with Crippen LogP contribution < -0.4 is 0 Å². The summed E-state index contributed by atoms with van der Waals surface area (Å²) in [6.07, 6.45) is 9.72. The largest absolute Gasteiger partial charge is 0.380 e. The zero-order valence-electron chi connectivity index (χ0n) is 7.96. The first-order valence-electron chi connectivity index (χ1n) is 4.40. The van der Waals surface area contributed by atoms with Crippen LogP contribution in [0.15, 0.2) is 36.6 Å². The molecule has 1 atom stereocenters. The SMILES string of the molecule is C=C/C(C)=C\C[C@@H]1C=CN(C)C1. The smallest absolute Gasteiger partial charge is 0.0235 e. The number of hydrogen-bond donors (Lipinski definition) is 0. The standard InChI is InChI=1S/C11H17N/c1-4-10(2)5-6-11-7-8-12(3)9-11/h4-5,7-8,11H,1,6,9H2,2-3H3/b10-5-/t11-/m1/s1. The van der Waals surface area contributed by atoms with E-state index < -0.39 is 0 Å². The van der Waals surface area contributed by atoms with E-state index in [0.717, 1.165) is 13.0 Å². The Balaban J connectivity index is 2.34. The summed E-state index contributed by atoms with van der Waals surface area (Å²) in [5, 5.41) is 0. The Morgan fingerprint density at radius 3 is 3.00 bits per heavy atom. The second kappa shape index (κ2) is 4.15. The Kier molecular flexibility index (Phi) is 3.15. The van der Waals surface area contributed by atoms with E-state index in [2.05, 4.69) is 43.8 Å². The maximum atomic E-state index is 3.72. The molecule has 0 fully saturated rings. The van der Waals surface area contributed by atoms with Crippen LogP contribution in [0.1, 0.15) is 13.3 Å². The average Bonchev–Trinajstić information content (AvgIpc) is 2.47. The van der Waals surface area contributed by atoms with Crippen LogP contribution in [0.5, 0.6) is 0 Å². The van der Waals surface area contributed by atoms with Gasteiger partial charge in [-0.1, -0.05) is 30.4 Å². The molecule has 0 saturated heterocycles. The molecule has 0 bridgehead atoms. The molecule has 0 aromatic rings. The lowest BCUT2D eigenvalue weighted by Gasteiger charge is -2.09. The van der Waals surface area contributed by atoms with Crippen molar-refractivity contribution in [2.45, 2.75) is 13.3 Å². The maximum absolute atomic E-state index is 3.72. The highest BCUT2D eigenvalue weighted by Crippen LogP contribution is 2.15. The Hall–Kier alpha value is -0.980. The molecule has 1 heterocycles. The van der Waals surface area contributed by atoms with Crippen molar-refractivity contribution in [3.8, 4) is 0 Å². The lowest BCUT2D eigenvalue weighted by atomic mass is 10.1. The quantitative estimate of drug-likeness (QED) is 0.578. The van der Waals surface area contributed by atoms with Crippen LogP contribution in [-0.2, 0) is 0 Å². The molecular formula is C11H17N. The monoisotopic (exact) mass is 163 g/mol. The van der Waals surface area contributed by atoms with Crippen molar-refractivity contribution in [1.82, 2.24) is 4.90 Å². The summed E-state index contributed by atoms with van der Waals surface area (Å²) in [6.45, 7) is 6.97. The third kappa shape index (κ3) is 2.57. The van der Waals surface area contributed by atoms with Gasteiger partial charge in [-0.3, -0.25) is 0 Å². The molecule has 1 aliphatic rings. The van der Waals surface area contributed by atoms with Crippen molar-refractivity contribution >= 4 is 0 Å². The first-order valence-corrected chi connectivity index (χ1v) is 4.40. The Bertz CT molecular complexity index is 213. The molecule has 1 aliphatic heterocycles. The predicted molar refractivity (Wildman–Crippen MR) is 53.8 cm³/mol. The molecule has 0 spiro atoms. The topological polar surface area (TPSA) is 3.24 Å². The maximum Gasteiger partial charge on any atom is 0.0235 e. The van der Waals surface area contributed by atoms with Crippen LogP contribution >= 0.6 is 0 Å². The van der Waals surface area contributed by atoms with Gasteiger partial charge in [-0.05, 0) is 25.5 Å². The van der Waals surface area contributed by atoms with E-state index in [1.165, 1.54) is 5.57 Å². The molecule has 0 saturated carbocycles. The van der Waals surface area contributed by atoms with Crippen LogP contribution in [0.2, 0.25) is 0 Å². The number of allylic oxidation sites excluding steroid dienone is 3. The van der Waals surface area contributed by atoms with E-state index >= 15 is 0 Å². The van der Waals surface area contributed by atoms with Crippen molar-refractivity contribution in [2.24, 2.45) is 5.92 Å². The molecule has 0 amide bonds. The van der Waals surface area contributed by atoms with E-state index in [0.29, 0.717) is 5.92 Å². The van der Waals surface area contributed by atoms with E-state index in [4.69, 9.17) is 0 Å². The van der Waals surface area contributed by atoms with Crippen molar-refractivity contribution in [2.75, 3.05) is 13.6 Å². The zero-order chi connectivity index (χ0) is 8.97. The number of nitrogens with zero attached hydrogens (tertiary/aromatic N) is 1. The van der Waals surface area contributed by atoms with Gasteiger partial charge in [-0.2, -0.15) is 0 Å². The summed E-state index contributed by atoms with van der Waals surface area (Å²) in [6, 6.07) is 0. The third-order valence-electron chi connectivity index (χ3n) is 2.20. The first kappa shape index (κ1) is 9.11. The summed E-state index contributed by atoms with van der Waals surface area (Å²) < 4.78 is 0. The van der Waals surface area contributed by atoms with Crippen molar-refractivity contribution in [3.05, 3.63) is 36.6 Å². The van der Waals surface area contributed by atoms with Crippen molar-refractivity contribution in [1.29, 1.82) is 0 Å². The van der Waals surface area contributed by atoms with Crippen LogP contribution in [0, 0.1) is 5.92 Å². The molecule has 66 valence electrons. The molecule has 0 unspecified atom stereocenters. The molecule has 12 heavy (non-hydrogen) atoms. The fourth-order valence-corrected chi connectivity index (χ4v) is 1.33. The molecule has 0 N–H and O–H groups in total. The third-order valence-corrected chi connectivity index (χ3v) is 2.20. The van der Waals surface area contributed by atoms with E-state index in [9.17, 15) is 0 Å². The normalized spacial score (nSPS) is 23.3. The second-order valence-electron chi connectivity index (χ2n) is 3.43. The number of hydrogen-bond acceptors (Lipinski definition) is 1. The Morgan fingerprint density at radius 2 is 2.50 bits per heavy atom. The summed E-state index contributed by atoms with van der Waals surface area (Å²) in [7, 11) is 2.11. The van der Waals surface area contributed by atoms with Gasteiger partial charge in [0.2, 0.25) is 0 Å². The van der Waals surface area contributed by atoms with Gasteiger partial charge in [-0.25, -0.2) is 0 Å². The average molecular weight is 163 g/mol. The summed E-state index contributed by atoms with van der Waals surface area (Å²) in [5.41, 5.74) is 1.28. The minimum atomic E-state index is 0.699. The van der Waals surface area contributed by atoms with E-state index in [-0.39, 0.29) is 0 Å². The van der Waals surface area contributed by atoms with Gasteiger partial charge < -0.3 is 4.90 Å². The Morgan fingerprint density at radius 1 is 1.75 bits per heavy atom. The van der Waals surface area contributed by atoms with Crippen LogP contribution in [-0.4, -0.2) is 18.5 Å². The highest BCUT2D eigenvalue weighted by atomic mass is 15.1. The molecular weight excluding hydrogens is 146 g/mol. The van der Waals surface area contributed by atoms with Gasteiger partial charge in [0.25, 0.3) is 0 Å².